The summed E-state index contributed by atoms with van der Waals surface area (Å²) < 4.78 is 4.92. The summed E-state index contributed by atoms with van der Waals surface area (Å²) in [5, 5.41) is 14.9. The van der Waals surface area contributed by atoms with Crippen molar-refractivity contribution in [3.63, 3.8) is 0 Å². The number of hydrogen-bond acceptors (Lipinski definition) is 4. The number of hydrogen-bond donors (Lipinski definition) is 2. The molecule has 0 saturated heterocycles. The Labute approximate surface area is 117 Å². The number of ether oxygens (including phenoxy) is 1. The second-order valence-corrected chi connectivity index (χ2v) is 4.49. The van der Waals surface area contributed by atoms with Crippen molar-refractivity contribution in [3.8, 4) is 6.07 Å². The van der Waals surface area contributed by atoms with E-state index < -0.39 is 0 Å². The molecule has 19 heavy (non-hydrogen) atoms. The second-order valence-electron chi connectivity index (χ2n) is 4.08. The molecule has 0 heterocycles. The van der Waals surface area contributed by atoms with Gasteiger partial charge in [-0.15, -0.1) is 0 Å². The quantitative estimate of drug-likeness (QED) is 0.833. The minimum absolute atomic E-state index is 0.0554. The first-order valence-electron chi connectivity index (χ1n) is 5.78. The fourth-order valence-corrected chi connectivity index (χ4v) is 1.71. The van der Waals surface area contributed by atoms with Gasteiger partial charge in [-0.1, -0.05) is 11.6 Å². The van der Waals surface area contributed by atoms with E-state index in [0.29, 0.717) is 22.9 Å². The van der Waals surface area contributed by atoms with E-state index in [2.05, 4.69) is 10.6 Å². The summed E-state index contributed by atoms with van der Waals surface area (Å²) in [4.78, 5) is 11.6. The molecule has 0 aliphatic rings. The molecular formula is C13H16ClN3O2. The van der Waals surface area contributed by atoms with E-state index in [1.54, 1.807) is 25.3 Å². The fourth-order valence-electron chi connectivity index (χ4n) is 1.52. The van der Waals surface area contributed by atoms with Crippen molar-refractivity contribution < 1.29 is 9.53 Å². The van der Waals surface area contributed by atoms with Crippen molar-refractivity contribution in [1.82, 2.24) is 5.32 Å². The van der Waals surface area contributed by atoms with Gasteiger partial charge < -0.3 is 15.4 Å². The number of amides is 1. The summed E-state index contributed by atoms with van der Waals surface area (Å²) in [6, 6.07) is 6.80. The molecule has 0 saturated carbocycles. The second kappa shape index (κ2) is 7.62. The lowest BCUT2D eigenvalue weighted by atomic mass is 10.2. The number of carbonyl (C=O) groups is 1. The first kappa shape index (κ1) is 15.3. The molecule has 0 aliphatic heterocycles. The van der Waals surface area contributed by atoms with E-state index in [9.17, 15) is 4.79 Å². The Morgan fingerprint density at radius 3 is 2.95 bits per heavy atom. The number of nitrogens with one attached hydrogen (secondary N) is 2. The Morgan fingerprint density at radius 1 is 1.58 bits per heavy atom. The van der Waals surface area contributed by atoms with E-state index in [4.69, 9.17) is 21.6 Å². The Bertz CT molecular complexity index is 485. The number of carbonyl (C=O) groups excluding carboxylic acids is 1. The Kier molecular flexibility index (Phi) is 6.13. The molecule has 2 N–H and O–H groups in total. The van der Waals surface area contributed by atoms with Crippen LogP contribution in [0.3, 0.4) is 0 Å². The van der Waals surface area contributed by atoms with Gasteiger partial charge in [0.25, 0.3) is 0 Å². The maximum atomic E-state index is 11.6. The molecule has 5 nitrogen and oxygen atoms in total. The molecular weight excluding hydrogens is 266 g/mol. The van der Waals surface area contributed by atoms with Gasteiger partial charge in [-0.3, -0.25) is 4.79 Å². The van der Waals surface area contributed by atoms with E-state index in [1.807, 2.05) is 13.0 Å². The van der Waals surface area contributed by atoms with Crippen LogP contribution in [0.15, 0.2) is 18.2 Å². The van der Waals surface area contributed by atoms with Crippen LogP contribution >= 0.6 is 11.6 Å². The molecule has 1 rings (SSSR count). The molecule has 1 atom stereocenters. The number of anilines is 1. The van der Waals surface area contributed by atoms with E-state index in [1.165, 1.54) is 0 Å². The molecule has 6 heteroatoms. The highest BCUT2D eigenvalue weighted by atomic mass is 35.5. The van der Waals surface area contributed by atoms with Crippen LogP contribution < -0.4 is 10.6 Å². The molecule has 1 aromatic rings. The Hall–Kier alpha value is -1.77. The zero-order chi connectivity index (χ0) is 14.3. The van der Waals surface area contributed by atoms with Crippen molar-refractivity contribution in [1.29, 1.82) is 5.26 Å². The van der Waals surface area contributed by atoms with Crippen LogP contribution in [-0.4, -0.2) is 32.2 Å². The van der Waals surface area contributed by atoms with Gasteiger partial charge in [-0.2, -0.15) is 5.26 Å². The van der Waals surface area contributed by atoms with Gasteiger partial charge in [-0.05, 0) is 25.1 Å². The van der Waals surface area contributed by atoms with Gasteiger partial charge in [0.2, 0.25) is 5.91 Å². The molecule has 0 spiro atoms. The summed E-state index contributed by atoms with van der Waals surface area (Å²) in [5.74, 6) is -0.164. The molecule has 0 aliphatic carbocycles. The van der Waals surface area contributed by atoms with Crippen molar-refractivity contribution in [3.05, 3.63) is 28.8 Å². The third-order valence-corrected chi connectivity index (χ3v) is 2.69. The van der Waals surface area contributed by atoms with Crippen LogP contribution in [0.5, 0.6) is 0 Å². The molecule has 0 radical (unpaired) electrons. The summed E-state index contributed by atoms with van der Waals surface area (Å²) in [7, 11) is 1.58. The predicted molar refractivity (Wildman–Crippen MR) is 74.1 cm³/mol. The van der Waals surface area contributed by atoms with Gasteiger partial charge in [0, 0.05) is 13.2 Å². The third-order valence-electron chi connectivity index (χ3n) is 2.36. The lowest BCUT2D eigenvalue weighted by molar-refractivity contribution is -0.120. The summed E-state index contributed by atoms with van der Waals surface area (Å²) in [6.07, 6.45) is 0. The minimum Gasteiger partial charge on any atom is -0.383 e. The number of rotatable bonds is 6. The highest BCUT2D eigenvalue weighted by Gasteiger charge is 2.08. The number of nitriles is 1. The predicted octanol–water partition coefficient (Wildman–Crippen LogP) is 1.77. The van der Waals surface area contributed by atoms with E-state index in [0.717, 1.165) is 0 Å². The van der Waals surface area contributed by atoms with E-state index >= 15 is 0 Å². The summed E-state index contributed by atoms with van der Waals surface area (Å²) >= 11 is 5.97. The summed E-state index contributed by atoms with van der Waals surface area (Å²) in [5.41, 5.74) is 1.05. The molecule has 1 aromatic carbocycles. The maximum Gasteiger partial charge on any atom is 0.239 e. The van der Waals surface area contributed by atoms with Crippen molar-refractivity contribution in [2.75, 3.05) is 25.6 Å². The van der Waals surface area contributed by atoms with Crippen LogP contribution in [0.2, 0.25) is 5.02 Å². The Morgan fingerprint density at radius 2 is 2.32 bits per heavy atom. The molecule has 0 aromatic heterocycles. The summed E-state index contributed by atoms with van der Waals surface area (Å²) in [6.45, 7) is 2.39. The number of halogens is 1. The van der Waals surface area contributed by atoms with Gasteiger partial charge in [0.05, 0.1) is 35.5 Å². The molecule has 0 fully saturated rings. The fraction of sp³-hybridized carbons (Fsp3) is 0.385. The van der Waals surface area contributed by atoms with Crippen LogP contribution in [0, 0.1) is 11.3 Å². The van der Waals surface area contributed by atoms with E-state index in [-0.39, 0.29) is 18.5 Å². The smallest absolute Gasteiger partial charge is 0.239 e. The van der Waals surface area contributed by atoms with Gasteiger partial charge in [0.15, 0.2) is 0 Å². The third kappa shape index (κ3) is 5.16. The zero-order valence-electron chi connectivity index (χ0n) is 10.9. The molecule has 102 valence electrons. The SMILES string of the molecule is COCC(C)NC(=O)CNc1cc(C#N)ccc1Cl. The molecule has 1 unspecified atom stereocenters. The normalized spacial score (nSPS) is 11.5. The Balaban J connectivity index is 2.53. The van der Waals surface area contributed by atoms with Crippen LogP contribution in [0.25, 0.3) is 0 Å². The van der Waals surface area contributed by atoms with Gasteiger partial charge in [-0.25, -0.2) is 0 Å². The standard InChI is InChI=1S/C13H16ClN3O2/c1-9(8-19-2)17-13(18)7-16-12-5-10(6-15)3-4-11(12)14/h3-5,9,16H,7-8H2,1-2H3,(H,17,18). The average molecular weight is 282 g/mol. The van der Waals surface area contributed by atoms with Crippen LogP contribution in [0.4, 0.5) is 5.69 Å². The highest BCUT2D eigenvalue weighted by molar-refractivity contribution is 6.33. The number of methoxy groups -OCH3 is 1. The first-order chi connectivity index (χ1) is 9.06. The molecule has 1 amide bonds. The van der Waals surface area contributed by atoms with Crippen molar-refractivity contribution in [2.45, 2.75) is 13.0 Å². The topological polar surface area (TPSA) is 74.2 Å². The zero-order valence-corrected chi connectivity index (χ0v) is 11.6. The monoisotopic (exact) mass is 281 g/mol. The first-order valence-corrected chi connectivity index (χ1v) is 6.16. The van der Waals surface area contributed by atoms with Crippen molar-refractivity contribution in [2.24, 2.45) is 0 Å². The average Bonchev–Trinajstić information content (AvgIpc) is 2.38. The van der Waals surface area contributed by atoms with Gasteiger partial charge in [0.1, 0.15) is 0 Å². The van der Waals surface area contributed by atoms with Crippen LogP contribution in [0.1, 0.15) is 12.5 Å². The largest absolute Gasteiger partial charge is 0.383 e. The number of nitrogens with zero attached hydrogens (tertiary/aromatic N) is 1. The number of benzene rings is 1. The minimum atomic E-state index is -0.164. The highest BCUT2D eigenvalue weighted by Crippen LogP contribution is 2.22. The van der Waals surface area contributed by atoms with Crippen molar-refractivity contribution >= 4 is 23.2 Å². The van der Waals surface area contributed by atoms with Crippen LogP contribution in [-0.2, 0) is 9.53 Å². The molecule has 0 bridgehead atoms. The lowest BCUT2D eigenvalue weighted by Gasteiger charge is -2.14. The van der Waals surface area contributed by atoms with Gasteiger partial charge >= 0.3 is 0 Å². The maximum absolute atomic E-state index is 11.6. The lowest BCUT2D eigenvalue weighted by Crippen LogP contribution is -2.39.